The summed E-state index contributed by atoms with van der Waals surface area (Å²) in [5.41, 5.74) is 0. The van der Waals surface area contributed by atoms with Crippen LogP contribution in [0.3, 0.4) is 0 Å². The van der Waals surface area contributed by atoms with Crippen molar-refractivity contribution in [1.29, 1.82) is 0 Å². The van der Waals surface area contributed by atoms with Gasteiger partial charge in [-0.25, -0.2) is 8.61 Å². The zero-order chi connectivity index (χ0) is 11.0. The SMILES string of the molecule is CN(CCN(C)SI)CCN(C)SI. The summed E-state index contributed by atoms with van der Waals surface area (Å²) in [7, 11) is 9.94. The first-order valence-corrected chi connectivity index (χ1v) is 10.9. The Bertz CT molecular complexity index is 128. The third kappa shape index (κ3) is 9.28. The highest BCUT2D eigenvalue weighted by Gasteiger charge is 2.03. The van der Waals surface area contributed by atoms with Crippen LogP contribution in [0.4, 0.5) is 0 Å². The minimum atomic E-state index is 1.12. The van der Waals surface area contributed by atoms with Crippen LogP contribution >= 0.6 is 60.6 Å². The van der Waals surface area contributed by atoms with Crippen LogP contribution in [-0.4, -0.2) is 60.8 Å². The molecule has 0 aromatic carbocycles. The lowest BCUT2D eigenvalue weighted by Crippen LogP contribution is -2.32. The molecule has 0 saturated carbocycles. The average molecular weight is 461 g/mol. The van der Waals surface area contributed by atoms with E-state index in [-0.39, 0.29) is 0 Å². The number of hydrogen-bond acceptors (Lipinski definition) is 5. The van der Waals surface area contributed by atoms with E-state index in [1.165, 1.54) is 0 Å². The second-order valence-corrected chi connectivity index (χ2v) is 7.03. The topological polar surface area (TPSA) is 9.72 Å². The van der Waals surface area contributed by atoms with Crippen LogP contribution < -0.4 is 0 Å². The van der Waals surface area contributed by atoms with Crippen molar-refractivity contribution in [2.24, 2.45) is 0 Å². The normalized spacial score (nSPS) is 12.0. The number of rotatable bonds is 8. The zero-order valence-corrected chi connectivity index (χ0v) is 14.7. The molecular weight excluding hydrogens is 444 g/mol. The summed E-state index contributed by atoms with van der Waals surface area (Å²) in [6.45, 7) is 4.49. The van der Waals surface area contributed by atoms with Gasteiger partial charge in [0.1, 0.15) is 0 Å². The van der Waals surface area contributed by atoms with Gasteiger partial charge in [0, 0.05) is 68.6 Å². The van der Waals surface area contributed by atoms with Gasteiger partial charge in [-0.05, 0) is 39.4 Å². The molecule has 14 heavy (non-hydrogen) atoms. The molecule has 0 atom stereocenters. The monoisotopic (exact) mass is 461 g/mol. The number of halogens is 2. The van der Waals surface area contributed by atoms with Crippen molar-refractivity contribution in [2.45, 2.75) is 0 Å². The molecule has 86 valence electrons. The fourth-order valence-electron chi connectivity index (χ4n) is 0.804. The molecule has 0 unspecified atom stereocenters. The first-order chi connectivity index (χ1) is 6.60. The summed E-state index contributed by atoms with van der Waals surface area (Å²) in [5, 5.41) is 0. The summed E-state index contributed by atoms with van der Waals surface area (Å²) in [4.78, 5) is 2.37. The lowest BCUT2D eigenvalue weighted by molar-refractivity contribution is 0.299. The zero-order valence-electron chi connectivity index (χ0n) is 8.74. The second-order valence-electron chi connectivity index (χ2n) is 3.14. The number of likely N-dealkylation sites (N-methyl/N-ethyl adjacent to an activating group) is 3. The molecule has 0 radical (unpaired) electrons. The Morgan fingerprint density at radius 3 is 1.43 bits per heavy atom. The molecule has 0 fully saturated rings. The maximum Gasteiger partial charge on any atom is 0.0221 e. The molecule has 3 nitrogen and oxygen atoms in total. The Hall–Kier alpha value is 2.04. The van der Waals surface area contributed by atoms with Crippen molar-refractivity contribution in [2.75, 3.05) is 47.3 Å². The van der Waals surface area contributed by atoms with E-state index in [1.807, 2.05) is 0 Å². The predicted molar refractivity (Wildman–Crippen MR) is 86.0 cm³/mol. The molecule has 0 aliphatic heterocycles. The molecule has 0 bridgehead atoms. The number of nitrogens with zero attached hydrogens (tertiary/aromatic N) is 3. The molecule has 0 N–H and O–H groups in total. The molecule has 0 heterocycles. The summed E-state index contributed by atoms with van der Waals surface area (Å²) in [6, 6.07) is 0. The van der Waals surface area contributed by atoms with E-state index in [4.69, 9.17) is 0 Å². The third-order valence-corrected chi connectivity index (χ3v) is 6.70. The van der Waals surface area contributed by atoms with Crippen LogP contribution in [0, 0.1) is 0 Å². The van der Waals surface area contributed by atoms with Gasteiger partial charge in [0.2, 0.25) is 0 Å². The Balaban J connectivity index is 3.40. The lowest BCUT2D eigenvalue weighted by Gasteiger charge is -2.21. The largest absolute Gasteiger partial charge is 0.304 e. The molecule has 0 amide bonds. The van der Waals surface area contributed by atoms with Crippen LogP contribution in [0.15, 0.2) is 0 Å². The van der Waals surface area contributed by atoms with Gasteiger partial charge in [0.05, 0.1) is 0 Å². The molecule has 0 saturated heterocycles. The molecule has 0 aromatic rings. The maximum atomic E-state index is 2.37. The van der Waals surface area contributed by atoms with Crippen molar-refractivity contribution in [3.05, 3.63) is 0 Å². The van der Waals surface area contributed by atoms with Gasteiger partial charge in [-0.2, -0.15) is 0 Å². The van der Waals surface area contributed by atoms with Gasteiger partial charge in [0.25, 0.3) is 0 Å². The van der Waals surface area contributed by atoms with Gasteiger partial charge < -0.3 is 4.90 Å². The lowest BCUT2D eigenvalue weighted by atomic mass is 10.5. The van der Waals surface area contributed by atoms with Gasteiger partial charge in [-0.15, -0.1) is 0 Å². The summed E-state index contributed by atoms with van der Waals surface area (Å²) >= 11 is 4.62. The van der Waals surface area contributed by atoms with E-state index in [1.54, 1.807) is 18.2 Å². The van der Waals surface area contributed by atoms with E-state index in [2.05, 4.69) is 77.1 Å². The highest BCUT2D eigenvalue weighted by Crippen LogP contribution is 2.15. The van der Waals surface area contributed by atoms with E-state index in [0.717, 1.165) is 26.2 Å². The third-order valence-electron chi connectivity index (χ3n) is 1.83. The smallest absolute Gasteiger partial charge is 0.0221 e. The van der Waals surface area contributed by atoms with Crippen LogP contribution in [0.2, 0.25) is 0 Å². The summed E-state index contributed by atoms with van der Waals surface area (Å²) < 4.78 is 4.49. The fraction of sp³-hybridized carbons (Fsp3) is 1.00. The van der Waals surface area contributed by atoms with Crippen molar-refractivity contribution < 1.29 is 0 Å². The Morgan fingerprint density at radius 2 is 1.14 bits per heavy atom. The van der Waals surface area contributed by atoms with Crippen molar-refractivity contribution >= 4 is 60.6 Å². The van der Waals surface area contributed by atoms with E-state index in [9.17, 15) is 0 Å². The molecule has 7 heteroatoms. The van der Waals surface area contributed by atoms with Gasteiger partial charge in [-0.1, -0.05) is 0 Å². The second kappa shape index (κ2) is 10.2. The molecular formula is C7H17I2N3S2. The van der Waals surface area contributed by atoms with Gasteiger partial charge >= 0.3 is 0 Å². The highest BCUT2D eigenvalue weighted by atomic mass is 127. The van der Waals surface area contributed by atoms with Gasteiger partial charge in [-0.3, -0.25) is 0 Å². The average Bonchev–Trinajstić information content (AvgIpc) is 2.22. The van der Waals surface area contributed by atoms with Crippen LogP contribution in [0.1, 0.15) is 0 Å². The Morgan fingerprint density at radius 1 is 0.786 bits per heavy atom. The van der Waals surface area contributed by atoms with E-state index >= 15 is 0 Å². The quantitative estimate of drug-likeness (QED) is 0.405. The van der Waals surface area contributed by atoms with Crippen molar-refractivity contribution in [3.8, 4) is 0 Å². The minimum Gasteiger partial charge on any atom is -0.304 e. The Labute approximate surface area is 120 Å². The maximum absolute atomic E-state index is 2.37. The molecule has 0 aromatic heterocycles. The minimum absolute atomic E-state index is 1.12. The van der Waals surface area contributed by atoms with E-state index < -0.39 is 0 Å². The highest BCUT2D eigenvalue weighted by molar-refractivity contribution is 14.2. The number of hydrogen-bond donors (Lipinski definition) is 0. The van der Waals surface area contributed by atoms with Crippen molar-refractivity contribution in [3.63, 3.8) is 0 Å². The summed E-state index contributed by atoms with van der Waals surface area (Å²) in [5.74, 6) is 0. The first kappa shape index (κ1) is 16.0. The first-order valence-electron chi connectivity index (χ1n) is 4.28. The van der Waals surface area contributed by atoms with Gasteiger partial charge in [0.15, 0.2) is 0 Å². The molecule has 0 aliphatic carbocycles. The molecule has 0 rings (SSSR count). The van der Waals surface area contributed by atoms with E-state index in [0.29, 0.717) is 0 Å². The Kier molecular flexibility index (Phi) is 11.7. The van der Waals surface area contributed by atoms with Crippen LogP contribution in [0.25, 0.3) is 0 Å². The van der Waals surface area contributed by atoms with Crippen molar-refractivity contribution in [1.82, 2.24) is 13.5 Å². The van der Waals surface area contributed by atoms with Crippen LogP contribution in [-0.2, 0) is 0 Å². The standard InChI is InChI=1S/C7H17I2N3S2/c1-10(4-6-11(2)13-8)5-7-12(3)14-9/h4-7H2,1-3H3. The predicted octanol–water partition coefficient (Wildman–Crippen LogP) is 2.78. The fourth-order valence-corrected chi connectivity index (χ4v) is 2.29. The summed E-state index contributed by atoms with van der Waals surface area (Å²) in [6.07, 6.45) is 0. The molecule has 0 spiro atoms. The molecule has 0 aliphatic rings. The van der Waals surface area contributed by atoms with Crippen LogP contribution in [0.5, 0.6) is 0 Å².